The predicted molar refractivity (Wildman–Crippen MR) is 104 cm³/mol. The number of methoxy groups -OCH3 is 1. The Hall–Kier alpha value is -2.79. The monoisotopic (exact) mass is 352 g/mol. The summed E-state index contributed by atoms with van der Waals surface area (Å²) in [4.78, 5) is 1.12. The number of para-hydroxylation sites is 2. The molecule has 0 aromatic heterocycles. The first-order valence-electron chi connectivity index (χ1n) is 7.93. The van der Waals surface area contributed by atoms with E-state index in [0.29, 0.717) is 12.3 Å². The van der Waals surface area contributed by atoms with Crippen LogP contribution in [0.5, 0.6) is 11.5 Å². The molecule has 0 atom stereocenters. The highest BCUT2D eigenvalue weighted by Gasteiger charge is 2.06. The first kappa shape index (κ1) is 17.0. The van der Waals surface area contributed by atoms with E-state index in [4.69, 9.17) is 4.74 Å². The van der Waals surface area contributed by atoms with Gasteiger partial charge in [-0.2, -0.15) is 0 Å². The summed E-state index contributed by atoms with van der Waals surface area (Å²) in [6, 6.07) is 23.7. The maximum absolute atomic E-state index is 10.1. The molecule has 25 heavy (non-hydrogen) atoms. The Bertz CT molecular complexity index is 808. The number of aromatic hydroxyl groups is 1. The minimum Gasteiger partial charge on any atom is -0.504 e. The van der Waals surface area contributed by atoms with Gasteiger partial charge >= 0.3 is 0 Å². The highest BCUT2D eigenvalue weighted by Crippen LogP contribution is 2.30. The molecular weight excluding hydrogens is 332 g/mol. The van der Waals surface area contributed by atoms with Crippen molar-refractivity contribution < 1.29 is 9.84 Å². The number of anilines is 2. The molecule has 4 nitrogen and oxygen atoms in total. The minimum atomic E-state index is 0.178. The van der Waals surface area contributed by atoms with Gasteiger partial charge in [-0.15, -0.1) is 0 Å². The molecule has 0 aliphatic carbocycles. The van der Waals surface area contributed by atoms with Gasteiger partial charge in [-0.3, -0.25) is 0 Å². The zero-order valence-corrected chi connectivity index (χ0v) is 14.7. The van der Waals surface area contributed by atoms with Crippen LogP contribution < -0.4 is 14.8 Å². The lowest BCUT2D eigenvalue weighted by Crippen LogP contribution is -2.00. The van der Waals surface area contributed by atoms with Gasteiger partial charge in [0.25, 0.3) is 0 Å². The molecule has 3 rings (SSSR count). The fourth-order valence-electron chi connectivity index (χ4n) is 2.34. The maximum Gasteiger partial charge on any atom is 0.162 e. The average molecular weight is 352 g/mol. The van der Waals surface area contributed by atoms with Crippen molar-refractivity contribution in [1.82, 2.24) is 0 Å². The van der Waals surface area contributed by atoms with Gasteiger partial charge in [0.1, 0.15) is 0 Å². The van der Waals surface area contributed by atoms with Crippen molar-refractivity contribution in [1.29, 1.82) is 0 Å². The summed E-state index contributed by atoms with van der Waals surface area (Å²) in [5.41, 5.74) is 2.86. The van der Waals surface area contributed by atoms with E-state index in [9.17, 15) is 5.11 Å². The molecule has 5 heteroatoms. The zero-order valence-electron chi connectivity index (χ0n) is 13.9. The number of benzene rings is 3. The SMILES string of the molecule is COc1cccc(CNc2ccc(SNc3ccccc3)cc2)c1O. The number of phenolic OH excluding ortho intramolecular Hbond substituents is 1. The zero-order chi connectivity index (χ0) is 17.5. The molecular formula is C20H20N2O2S. The quantitative estimate of drug-likeness (QED) is 0.515. The molecule has 0 aliphatic rings. The normalized spacial score (nSPS) is 10.3. The molecule has 0 heterocycles. The Kier molecular flexibility index (Phi) is 5.69. The Balaban J connectivity index is 1.56. The van der Waals surface area contributed by atoms with Gasteiger partial charge in [0.15, 0.2) is 11.5 Å². The van der Waals surface area contributed by atoms with Gasteiger partial charge in [-0.05, 0) is 54.4 Å². The van der Waals surface area contributed by atoms with Gasteiger partial charge in [0, 0.05) is 28.4 Å². The van der Waals surface area contributed by atoms with Crippen LogP contribution in [0.3, 0.4) is 0 Å². The number of rotatable bonds is 7. The smallest absolute Gasteiger partial charge is 0.162 e. The molecule has 0 spiro atoms. The van der Waals surface area contributed by atoms with Crippen molar-refractivity contribution in [3.05, 3.63) is 78.4 Å². The lowest BCUT2D eigenvalue weighted by Gasteiger charge is -2.11. The Morgan fingerprint density at radius 3 is 2.36 bits per heavy atom. The third-order valence-electron chi connectivity index (χ3n) is 3.70. The van der Waals surface area contributed by atoms with Crippen LogP contribution in [0.15, 0.2) is 77.7 Å². The van der Waals surface area contributed by atoms with Crippen LogP contribution in [0.4, 0.5) is 11.4 Å². The fourth-order valence-corrected chi connectivity index (χ4v) is 2.98. The first-order valence-corrected chi connectivity index (χ1v) is 8.74. The van der Waals surface area contributed by atoms with Crippen LogP contribution in [0, 0.1) is 0 Å². The third kappa shape index (κ3) is 4.61. The van der Waals surface area contributed by atoms with E-state index in [-0.39, 0.29) is 5.75 Å². The summed E-state index contributed by atoms with van der Waals surface area (Å²) < 4.78 is 8.44. The van der Waals surface area contributed by atoms with E-state index in [1.54, 1.807) is 25.1 Å². The Morgan fingerprint density at radius 2 is 1.64 bits per heavy atom. The topological polar surface area (TPSA) is 53.5 Å². The van der Waals surface area contributed by atoms with Crippen molar-refractivity contribution in [3.8, 4) is 11.5 Å². The highest BCUT2D eigenvalue weighted by atomic mass is 32.2. The van der Waals surface area contributed by atoms with Crippen molar-refractivity contribution >= 4 is 23.3 Å². The summed E-state index contributed by atoms with van der Waals surface area (Å²) in [6.07, 6.45) is 0. The van der Waals surface area contributed by atoms with E-state index in [0.717, 1.165) is 21.8 Å². The van der Waals surface area contributed by atoms with Crippen molar-refractivity contribution in [2.45, 2.75) is 11.4 Å². The molecule has 0 saturated carbocycles. The maximum atomic E-state index is 10.1. The number of hydrogen-bond acceptors (Lipinski definition) is 5. The van der Waals surface area contributed by atoms with Gasteiger partial charge in [-0.25, -0.2) is 0 Å². The molecule has 0 saturated heterocycles. The molecule has 128 valence electrons. The average Bonchev–Trinajstić information content (AvgIpc) is 2.67. The van der Waals surface area contributed by atoms with Crippen LogP contribution >= 0.6 is 11.9 Å². The lowest BCUT2D eigenvalue weighted by molar-refractivity contribution is 0.371. The molecule has 0 fully saturated rings. The molecule has 0 aliphatic heterocycles. The first-order chi connectivity index (χ1) is 12.3. The summed E-state index contributed by atoms with van der Waals surface area (Å²) in [5.74, 6) is 0.662. The summed E-state index contributed by atoms with van der Waals surface area (Å²) in [7, 11) is 1.55. The second-order valence-electron chi connectivity index (χ2n) is 5.42. The lowest BCUT2D eigenvalue weighted by atomic mass is 10.2. The summed E-state index contributed by atoms with van der Waals surface area (Å²) >= 11 is 1.57. The van der Waals surface area contributed by atoms with E-state index < -0.39 is 0 Å². The second-order valence-corrected chi connectivity index (χ2v) is 6.30. The molecule has 0 bridgehead atoms. The summed E-state index contributed by atoms with van der Waals surface area (Å²) in [5, 5.41) is 13.4. The van der Waals surface area contributed by atoms with Gasteiger partial charge in [-0.1, -0.05) is 30.3 Å². The van der Waals surface area contributed by atoms with Crippen LogP contribution in [-0.2, 0) is 6.54 Å². The van der Waals surface area contributed by atoms with Crippen molar-refractivity contribution in [3.63, 3.8) is 0 Å². The van der Waals surface area contributed by atoms with Crippen LogP contribution in [0.1, 0.15) is 5.56 Å². The van der Waals surface area contributed by atoms with E-state index in [1.165, 1.54) is 0 Å². The second kappa shape index (κ2) is 8.35. The van der Waals surface area contributed by atoms with Crippen molar-refractivity contribution in [2.24, 2.45) is 0 Å². The van der Waals surface area contributed by atoms with Gasteiger partial charge in [0.2, 0.25) is 0 Å². The Labute approximate surface area is 152 Å². The molecule has 3 N–H and O–H groups in total. The fraction of sp³-hybridized carbons (Fsp3) is 0.100. The van der Waals surface area contributed by atoms with E-state index >= 15 is 0 Å². The largest absolute Gasteiger partial charge is 0.504 e. The van der Waals surface area contributed by atoms with Crippen LogP contribution in [-0.4, -0.2) is 12.2 Å². The number of hydrogen-bond donors (Lipinski definition) is 3. The minimum absolute atomic E-state index is 0.178. The molecule has 3 aromatic carbocycles. The standard InChI is InChI=1S/C20H20N2O2S/c1-24-19-9-5-6-15(20(19)23)14-21-16-10-12-18(13-11-16)25-22-17-7-3-2-4-8-17/h2-13,21-23H,14H2,1H3. The van der Waals surface area contributed by atoms with E-state index in [1.807, 2.05) is 66.7 Å². The Morgan fingerprint density at radius 1 is 0.880 bits per heavy atom. The third-order valence-corrected chi connectivity index (χ3v) is 4.55. The predicted octanol–water partition coefficient (Wildman–Crippen LogP) is 5.13. The number of nitrogens with one attached hydrogen (secondary N) is 2. The molecule has 0 amide bonds. The van der Waals surface area contributed by atoms with Gasteiger partial charge in [0.05, 0.1) is 7.11 Å². The van der Waals surface area contributed by atoms with Crippen LogP contribution in [0.2, 0.25) is 0 Å². The molecule has 0 radical (unpaired) electrons. The highest BCUT2D eigenvalue weighted by molar-refractivity contribution is 8.00. The number of phenols is 1. The molecule has 3 aromatic rings. The number of ether oxygens (including phenoxy) is 1. The van der Waals surface area contributed by atoms with E-state index in [2.05, 4.69) is 10.0 Å². The molecule has 0 unspecified atom stereocenters. The van der Waals surface area contributed by atoms with Crippen molar-refractivity contribution in [2.75, 3.05) is 17.1 Å². The van der Waals surface area contributed by atoms with Crippen LogP contribution in [0.25, 0.3) is 0 Å². The summed E-state index contributed by atoms with van der Waals surface area (Å²) in [6.45, 7) is 0.526. The van der Waals surface area contributed by atoms with Gasteiger partial charge < -0.3 is 19.9 Å².